The van der Waals surface area contributed by atoms with Crippen LogP contribution in [0.25, 0.3) is 22.2 Å². The third-order valence-electron chi connectivity index (χ3n) is 4.76. The molecule has 0 bridgehead atoms. The van der Waals surface area contributed by atoms with Gasteiger partial charge >= 0.3 is 0 Å². The summed E-state index contributed by atoms with van der Waals surface area (Å²) in [6, 6.07) is 5.33. The minimum atomic E-state index is -0.574. The molecule has 1 aliphatic heterocycles. The van der Waals surface area contributed by atoms with Crippen molar-refractivity contribution in [2.24, 2.45) is 0 Å². The van der Waals surface area contributed by atoms with Crippen LogP contribution in [0.1, 0.15) is 29.9 Å². The fraction of sp³-hybridized carbons (Fsp3) is 0.350. The average Bonchev–Trinajstić information content (AvgIpc) is 3.05. The lowest BCUT2D eigenvalue weighted by molar-refractivity contribution is -0.00543. The van der Waals surface area contributed by atoms with Crippen molar-refractivity contribution in [1.29, 1.82) is 0 Å². The maximum Gasteiger partial charge on any atom is 0.205 e. The molecule has 2 aromatic heterocycles. The van der Waals surface area contributed by atoms with Crippen LogP contribution in [0, 0.1) is 12.7 Å². The Kier molecular flexibility index (Phi) is 4.39. The summed E-state index contributed by atoms with van der Waals surface area (Å²) in [5.41, 5.74) is 2.59. The number of carbonyl (C=O) groups excluding carboxylic acids is 1. The van der Waals surface area contributed by atoms with Crippen molar-refractivity contribution in [2.45, 2.75) is 33.0 Å². The molecule has 3 heterocycles. The Bertz CT molecular complexity index is 990. The van der Waals surface area contributed by atoms with Gasteiger partial charge in [0.05, 0.1) is 23.3 Å². The number of pyridine rings is 1. The maximum absolute atomic E-state index is 15.4. The van der Waals surface area contributed by atoms with Gasteiger partial charge in [0, 0.05) is 36.1 Å². The second kappa shape index (κ2) is 6.74. The van der Waals surface area contributed by atoms with Gasteiger partial charge in [-0.1, -0.05) is 5.16 Å². The Morgan fingerprint density at radius 2 is 2.00 bits per heavy atom. The second-order valence-corrected chi connectivity index (χ2v) is 7.00. The zero-order valence-electron chi connectivity index (χ0n) is 15.4. The van der Waals surface area contributed by atoms with E-state index >= 15 is 4.39 Å². The van der Waals surface area contributed by atoms with Crippen LogP contribution < -0.4 is 4.90 Å². The third-order valence-corrected chi connectivity index (χ3v) is 4.76. The number of hydrogen-bond acceptors (Lipinski definition) is 6. The van der Waals surface area contributed by atoms with E-state index in [1.54, 1.807) is 12.3 Å². The van der Waals surface area contributed by atoms with Crippen LogP contribution in [0.4, 0.5) is 10.1 Å². The standard InChI is InChI=1S/C20H20FN3O3/c1-11-4-5-14(7-22-11)18-16-6-15(10-25)19(17(21)20(16)27-23-18)24-8-12(2)26-13(3)9-24/h4-7,10,12-13H,8-9H2,1-3H3. The van der Waals surface area contributed by atoms with Gasteiger partial charge in [-0.2, -0.15) is 0 Å². The van der Waals surface area contributed by atoms with Crippen LogP contribution in [0.5, 0.6) is 0 Å². The van der Waals surface area contributed by atoms with Crippen LogP contribution in [-0.2, 0) is 4.74 Å². The fourth-order valence-electron chi connectivity index (χ4n) is 3.64. The molecule has 0 aliphatic carbocycles. The molecule has 27 heavy (non-hydrogen) atoms. The minimum Gasteiger partial charge on any atom is -0.372 e. The maximum atomic E-state index is 15.4. The van der Waals surface area contributed by atoms with Crippen LogP contribution >= 0.6 is 0 Å². The first-order valence-electron chi connectivity index (χ1n) is 8.88. The first-order chi connectivity index (χ1) is 13.0. The van der Waals surface area contributed by atoms with Gasteiger partial charge in [0.2, 0.25) is 5.58 Å². The van der Waals surface area contributed by atoms with Crippen molar-refractivity contribution in [3.05, 3.63) is 41.5 Å². The predicted octanol–water partition coefficient (Wildman–Crippen LogP) is 3.76. The number of morpholine rings is 1. The summed E-state index contributed by atoms with van der Waals surface area (Å²) in [6.07, 6.45) is 2.21. The van der Waals surface area contributed by atoms with Gasteiger partial charge in [-0.05, 0) is 39.0 Å². The Morgan fingerprint density at radius 3 is 2.63 bits per heavy atom. The summed E-state index contributed by atoms with van der Waals surface area (Å²) in [4.78, 5) is 17.8. The lowest BCUT2D eigenvalue weighted by Crippen LogP contribution is -2.46. The summed E-state index contributed by atoms with van der Waals surface area (Å²) in [6.45, 7) is 6.73. The number of halogens is 1. The van der Waals surface area contributed by atoms with E-state index < -0.39 is 5.82 Å². The molecule has 7 heteroatoms. The Hall–Kier alpha value is -2.80. The quantitative estimate of drug-likeness (QED) is 0.655. The van der Waals surface area contributed by atoms with Gasteiger partial charge in [0.15, 0.2) is 12.1 Å². The molecular formula is C20H20FN3O3. The first kappa shape index (κ1) is 17.6. The number of aromatic nitrogens is 2. The molecule has 140 valence electrons. The molecule has 1 saturated heterocycles. The van der Waals surface area contributed by atoms with Gasteiger partial charge in [-0.15, -0.1) is 0 Å². The van der Waals surface area contributed by atoms with Gasteiger partial charge in [0.25, 0.3) is 0 Å². The van der Waals surface area contributed by atoms with Crippen LogP contribution in [0.2, 0.25) is 0 Å². The number of carbonyl (C=O) groups is 1. The molecule has 1 aliphatic rings. The monoisotopic (exact) mass is 369 g/mol. The largest absolute Gasteiger partial charge is 0.372 e. The van der Waals surface area contributed by atoms with Gasteiger partial charge < -0.3 is 14.2 Å². The molecule has 2 unspecified atom stereocenters. The number of benzene rings is 1. The van der Waals surface area contributed by atoms with Gasteiger partial charge in [-0.3, -0.25) is 9.78 Å². The van der Waals surface area contributed by atoms with Gasteiger partial charge in [0.1, 0.15) is 5.69 Å². The lowest BCUT2D eigenvalue weighted by atomic mass is 10.0. The Morgan fingerprint density at radius 1 is 1.26 bits per heavy atom. The number of ether oxygens (including phenoxy) is 1. The third kappa shape index (κ3) is 3.08. The smallest absolute Gasteiger partial charge is 0.205 e. The molecule has 3 aromatic rings. The highest BCUT2D eigenvalue weighted by molar-refractivity contribution is 6.00. The van der Waals surface area contributed by atoms with Crippen molar-refractivity contribution in [3.63, 3.8) is 0 Å². The van der Waals surface area contributed by atoms with E-state index in [9.17, 15) is 4.79 Å². The molecule has 1 fully saturated rings. The fourth-order valence-corrected chi connectivity index (χ4v) is 3.64. The van der Waals surface area contributed by atoms with E-state index in [2.05, 4.69) is 10.1 Å². The van der Waals surface area contributed by atoms with Gasteiger partial charge in [-0.25, -0.2) is 4.39 Å². The molecule has 0 N–H and O–H groups in total. The second-order valence-electron chi connectivity index (χ2n) is 7.00. The normalized spacial score (nSPS) is 20.2. The Balaban J connectivity index is 1.86. The highest BCUT2D eigenvalue weighted by Gasteiger charge is 2.29. The van der Waals surface area contributed by atoms with E-state index in [0.29, 0.717) is 36.0 Å². The highest BCUT2D eigenvalue weighted by Crippen LogP contribution is 2.36. The molecular weight excluding hydrogens is 349 g/mol. The molecule has 2 atom stereocenters. The van der Waals surface area contributed by atoms with Crippen LogP contribution in [0.3, 0.4) is 0 Å². The number of aryl methyl sites for hydroxylation is 1. The van der Waals surface area contributed by atoms with Crippen LogP contribution in [-0.4, -0.2) is 41.7 Å². The summed E-state index contributed by atoms with van der Waals surface area (Å²) in [7, 11) is 0. The van der Waals surface area contributed by atoms with Crippen molar-refractivity contribution in [3.8, 4) is 11.3 Å². The SMILES string of the molecule is Cc1ccc(-c2noc3c(F)c(N4CC(C)OC(C)C4)c(C=O)cc23)cn1. The van der Waals surface area contributed by atoms with E-state index in [4.69, 9.17) is 9.26 Å². The zero-order valence-corrected chi connectivity index (χ0v) is 15.4. The van der Waals surface area contributed by atoms with E-state index in [0.717, 1.165) is 5.69 Å². The molecule has 0 amide bonds. The van der Waals surface area contributed by atoms with Crippen molar-refractivity contribution in [2.75, 3.05) is 18.0 Å². The molecule has 1 aromatic carbocycles. The van der Waals surface area contributed by atoms with Crippen molar-refractivity contribution in [1.82, 2.24) is 10.1 Å². The number of hydrogen-bond donors (Lipinski definition) is 0. The predicted molar refractivity (Wildman–Crippen MR) is 99.5 cm³/mol. The number of nitrogens with zero attached hydrogens (tertiary/aromatic N) is 3. The molecule has 0 saturated carbocycles. The molecule has 6 nitrogen and oxygen atoms in total. The molecule has 0 spiro atoms. The van der Waals surface area contributed by atoms with E-state index in [-0.39, 0.29) is 29.0 Å². The number of fused-ring (bicyclic) bond motifs is 1. The topological polar surface area (TPSA) is 68.5 Å². The number of anilines is 1. The summed E-state index contributed by atoms with van der Waals surface area (Å²) in [5.74, 6) is -0.574. The van der Waals surface area contributed by atoms with Crippen molar-refractivity contribution >= 4 is 22.9 Å². The molecule has 4 rings (SSSR count). The summed E-state index contributed by atoms with van der Waals surface area (Å²) in [5, 5.41) is 4.49. The zero-order chi connectivity index (χ0) is 19.1. The first-order valence-corrected chi connectivity index (χ1v) is 8.88. The minimum absolute atomic E-state index is 0.0398. The average molecular weight is 369 g/mol. The summed E-state index contributed by atoms with van der Waals surface area (Å²) >= 11 is 0. The lowest BCUT2D eigenvalue weighted by Gasteiger charge is -2.37. The van der Waals surface area contributed by atoms with E-state index in [1.807, 2.05) is 37.8 Å². The highest BCUT2D eigenvalue weighted by atomic mass is 19.1. The molecule has 0 radical (unpaired) electrons. The van der Waals surface area contributed by atoms with Crippen LogP contribution in [0.15, 0.2) is 28.9 Å². The Labute approximate surface area is 155 Å². The van der Waals surface area contributed by atoms with Crippen molar-refractivity contribution < 1.29 is 18.4 Å². The number of aldehydes is 1. The summed E-state index contributed by atoms with van der Waals surface area (Å²) < 4.78 is 26.4. The van der Waals surface area contributed by atoms with E-state index in [1.165, 1.54) is 0 Å². The number of rotatable bonds is 3.